The topological polar surface area (TPSA) is 283 Å². The second-order valence-corrected chi connectivity index (χ2v) is 16.9. The van der Waals surface area contributed by atoms with Crippen LogP contribution in [0.15, 0.2) is 60.4 Å². The van der Waals surface area contributed by atoms with Gasteiger partial charge in [-0.05, 0) is 12.1 Å². The van der Waals surface area contributed by atoms with Gasteiger partial charge in [0.1, 0.15) is 24.8 Å². The minimum atomic E-state index is -4.78. The van der Waals surface area contributed by atoms with Crippen LogP contribution >= 0.6 is 15.4 Å². The highest BCUT2D eigenvalue weighted by atomic mass is 31.2. The molecule has 3 fully saturated rings. The molecule has 58 heavy (non-hydrogen) atoms. The molecule has 302 valence electrons. The number of aromatic amines is 1. The fourth-order valence-electron chi connectivity index (χ4n) is 6.76. The Balaban J connectivity index is 1.12. The van der Waals surface area contributed by atoms with Crippen LogP contribution in [0, 0.1) is 22.7 Å². The first-order valence-corrected chi connectivity index (χ1v) is 20.8. The first-order valence-electron chi connectivity index (χ1n) is 17.7. The maximum Gasteiger partial charge on any atom is 0.475 e. The van der Waals surface area contributed by atoms with Gasteiger partial charge >= 0.3 is 15.4 Å². The van der Waals surface area contributed by atoms with Gasteiger partial charge in [-0.3, -0.25) is 36.9 Å². The number of H-pyrrole nitrogens is 1. The summed E-state index contributed by atoms with van der Waals surface area (Å²) in [6.07, 6.45) is -4.83. The summed E-state index contributed by atoms with van der Waals surface area (Å²) in [6.45, 7) is -2.05. The molecule has 1 aromatic carbocycles. The molecule has 2 N–H and O–H groups in total. The molecule has 5 aromatic rings. The van der Waals surface area contributed by atoms with Gasteiger partial charge in [0.2, 0.25) is 0 Å². The van der Waals surface area contributed by atoms with E-state index in [1.165, 1.54) is 17.2 Å². The molecule has 0 radical (unpaired) electrons. The summed E-state index contributed by atoms with van der Waals surface area (Å²) < 4.78 is 89.7. The Kier molecular flexibility index (Phi) is 11.2. The summed E-state index contributed by atoms with van der Waals surface area (Å²) in [6, 6.07) is 12.2. The van der Waals surface area contributed by atoms with E-state index in [9.17, 15) is 24.0 Å². The molecule has 3 aliphatic heterocycles. The van der Waals surface area contributed by atoms with Crippen molar-refractivity contribution >= 4 is 49.5 Å². The Labute approximate surface area is 326 Å². The normalized spacial score (nSPS) is 29.9. The van der Waals surface area contributed by atoms with Crippen molar-refractivity contribution in [2.24, 2.45) is 0 Å². The maximum atomic E-state index is 16.5. The Morgan fingerprint density at radius 2 is 1.66 bits per heavy atom. The molecule has 3 saturated heterocycles. The van der Waals surface area contributed by atoms with Gasteiger partial charge in [-0.1, -0.05) is 18.2 Å². The summed E-state index contributed by atoms with van der Waals surface area (Å²) in [7, 11) is -9.18. The molecule has 4 aromatic heterocycles. The van der Waals surface area contributed by atoms with E-state index in [1.807, 2.05) is 12.1 Å². The molecule has 3 aliphatic rings. The zero-order valence-corrected chi connectivity index (χ0v) is 31.8. The molecule has 22 nitrogen and oxygen atoms in total. The van der Waals surface area contributed by atoms with Crippen LogP contribution in [-0.2, 0) is 41.2 Å². The Morgan fingerprint density at radius 1 is 0.931 bits per heavy atom. The standard InChI is InChI=1S/C33H32FN11O11P2/c34-24-27-21(55-33(24)45-18-42-26-30(45)39-16-40-32(26)47)14-52-57(48,50-10-4-8-35)22-12-23(54-20(22)13-53-58(49,56-27)51-11-5-9-36)44-17-41-25-28(37-15-38-29(25)44)43-31(46)19-6-2-1-3-7-19/h1-3,6-7,15-18,20-24,27,33H,4-5,10-14H2,(H,39,40,47)(H,37,38,43,46)/t20?,21?,22-,23?,24+,27+,33?,57?,58?/m0/s1. The number of phosphoric acid groups is 1. The van der Waals surface area contributed by atoms with Gasteiger partial charge in [-0.2, -0.15) is 10.5 Å². The number of carbonyl (C=O) groups excluding carboxylic acids is 1. The van der Waals surface area contributed by atoms with Crippen LogP contribution in [0.2, 0.25) is 0 Å². The number of fused-ring (bicyclic) bond motifs is 4. The Bertz CT molecular complexity index is 2560. The number of ether oxygens (including phenoxy) is 2. The second kappa shape index (κ2) is 16.5. The van der Waals surface area contributed by atoms with E-state index in [-0.39, 0.29) is 54.0 Å². The van der Waals surface area contributed by atoms with Crippen molar-refractivity contribution in [1.82, 2.24) is 39.0 Å². The van der Waals surface area contributed by atoms with E-state index in [0.29, 0.717) is 5.56 Å². The first-order chi connectivity index (χ1) is 28.1. The van der Waals surface area contributed by atoms with Gasteiger partial charge in [-0.25, -0.2) is 33.9 Å². The largest absolute Gasteiger partial charge is 0.475 e. The summed E-state index contributed by atoms with van der Waals surface area (Å²) >= 11 is 0. The number of amides is 1. The molecule has 0 bridgehead atoms. The molecule has 6 unspecified atom stereocenters. The SMILES string of the molecule is N#CCCOP1(=O)OCC2OC(n3cnc4c(NC(=O)c5ccccc5)ncnc43)C[C@@H]2P(=O)(OCCC#N)OCC2OC(n3cnc4c(=O)[nH]cnc43)[C@H](F)[C@@H]2O1. The number of aromatic nitrogens is 8. The Morgan fingerprint density at radius 3 is 2.45 bits per heavy atom. The number of alkyl halides is 1. The van der Waals surface area contributed by atoms with Crippen LogP contribution in [0.5, 0.6) is 0 Å². The van der Waals surface area contributed by atoms with Gasteiger partial charge in [0, 0.05) is 12.0 Å². The molecular formula is C33H32FN11O11P2. The van der Waals surface area contributed by atoms with Crippen molar-refractivity contribution in [3.63, 3.8) is 0 Å². The molecule has 9 atom stereocenters. The third-order valence-corrected chi connectivity index (χ3v) is 13.3. The van der Waals surface area contributed by atoms with E-state index in [2.05, 4.69) is 35.2 Å². The van der Waals surface area contributed by atoms with Crippen LogP contribution in [0.4, 0.5) is 10.2 Å². The lowest BCUT2D eigenvalue weighted by Gasteiger charge is -2.27. The predicted octanol–water partition coefficient (Wildman–Crippen LogP) is 3.70. The fraction of sp³-hybridized carbons (Fsp3) is 0.424. The third kappa shape index (κ3) is 7.67. The number of nitrogens with zero attached hydrogens (tertiary/aromatic N) is 9. The average molecular weight is 840 g/mol. The number of halogens is 1. The van der Waals surface area contributed by atoms with Gasteiger partial charge < -0.3 is 28.8 Å². The molecule has 0 spiro atoms. The van der Waals surface area contributed by atoms with Gasteiger partial charge in [0.05, 0.1) is 82.2 Å². The van der Waals surface area contributed by atoms with Crippen molar-refractivity contribution in [3.05, 3.63) is 71.6 Å². The van der Waals surface area contributed by atoms with Crippen molar-refractivity contribution in [2.45, 2.75) is 61.9 Å². The minimum absolute atomic E-state index is 0.0342. The van der Waals surface area contributed by atoms with Crippen LogP contribution in [0.1, 0.15) is 42.1 Å². The van der Waals surface area contributed by atoms with E-state index in [0.717, 1.165) is 17.2 Å². The monoisotopic (exact) mass is 839 g/mol. The molecule has 25 heteroatoms. The number of rotatable bonds is 10. The van der Waals surface area contributed by atoms with Gasteiger partial charge in [-0.15, -0.1) is 0 Å². The number of imidazole rings is 2. The molecule has 0 aliphatic carbocycles. The summed E-state index contributed by atoms with van der Waals surface area (Å²) in [5.41, 5.74) is -1.10. The highest BCUT2D eigenvalue weighted by Gasteiger charge is 2.56. The highest BCUT2D eigenvalue weighted by Crippen LogP contribution is 2.62. The number of hydrogen-bond acceptors (Lipinski definition) is 18. The maximum absolute atomic E-state index is 16.5. The fourth-order valence-corrected chi connectivity index (χ4v) is 10.3. The minimum Gasteiger partial charge on any atom is -0.351 e. The van der Waals surface area contributed by atoms with Crippen LogP contribution < -0.4 is 10.9 Å². The van der Waals surface area contributed by atoms with E-state index < -0.39 is 89.3 Å². The second-order valence-electron chi connectivity index (χ2n) is 13.0. The van der Waals surface area contributed by atoms with Crippen molar-refractivity contribution < 1.29 is 50.4 Å². The lowest BCUT2D eigenvalue weighted by Crippen LogP contribution is -2.34. The smallest absolute Gasteiger partial charge is 0.351 e. The molecule has 1 amide bonds. The number of nitriles is 2. The average Bonchev–Trinajstić information content (AvgIpc) is 4.02. The number of carbonyl (C=O) groups is 1. The van der Waals surface area contributed by atoms with Crippen LogP contribution in [0.25, 0.3) is 22.3 Å². The summed E-state index contributed by atoms with van der Waals surface area (Å²) in [5, 5.41) is 21.2. The number of anilines is 1. The molecule has 8 rings (SSSR count). The van der Waals surface area contributed by atoms with E-state index in [1.54, 1.807) is 30.3 Å². The van der Waals surface area contributed by atoms with Gasteiger partial charge in [0.25, 0.3) is 11.5 Å². The van der Waals surface area contributed by atoms with Crippen molar-refractivity contribution in [3.8, 4) is 12.1 Å². The number of nitrogens with one attached hydrogen (secondary N) is 2. The summed E-state index contributed by atoms with van der Waals surface area (Å²) in [5.74, 6) is -0.330. The lowest BCUT2D eigenvalue weighted by molar-refractivity contribution is -0.0456. The molecule has 7 heterocycles. The molecule has 0 saturated carbocycles. The lowest BCUT2D eigenvalue weighted by atomic mass is 10.1. The van der Waals surface area contributed by atoms with E-state index in [4.69, 9.17) is 37.4 Å². The third-order valence-electron chi connectivity index (χ3n) is 9.47. The quantitative estimate of drug-likeness (QED) is 0.150. The number of hydrogen-bond donors (Lipinski definition) is 2. The van der Waals surface area contributed by atoms with Crippen LogP contribution in [-0.4, -0.2) is 102 Å². The summed E-state index contributed by atoms with van der Waals surface area (Å²) in [4.78, 5) is 48.7. The zero-order chi connectivity index (χ0) is 40.4. The number of phosphoric ester groups is 1. The predicted molar refractivity (Wildman–Crippen MR) is 193 cm³/mol. The van der Waals surface area contributed by atoms with E-state index >= 15 is 4.39 Å². The van der Waals surface area contributed by atoms with Crippen molar-refractivity contribution in [2.75, 3.05) is 31.7 Å². The van der Waals surface area contributed by atoms with Crippen molar-refractivity contribution in [1.29, 1.82) is 10.5 Å². The number of benzene rings is 1. The first kappa shape index (κ1) is 39.5. The Hall–Kier alpha value is -5.32. The highest BCUT2D eigenvalue weighted by molar-refractivity contribution is 7.54. The zero-order valence-electron chi connectivity index (χ0n) is 30.0. The molecular weight excluding hydrogens is 807 g/mol. The van der Waals surface area contributed by atoms with Crippen LogP contribution in [0.3, 0.4) is 0 Å². The van der Waals surface area contributed by atoms with Gasteiger partial charge in [0.15, 0.2) is 40.5 Å².